The first kappa shape index (κ1) is 14.2. The van der Waals surface area contributed by atoms with Crippen LogP contribution < -0.4 is 5.32 Å². The van der Waals surface area contributed by atoms with Gasteiger partial charge in [0.25, 0.3) is 5.91 Å². The minimum Gasteiger partial charge on any atom is -0.320 e. The number of nitrogens with one attached hydrogen (secondary N) is 1. The average molecular weight is 286 g/mol. The molecule has 0 aliphatic rings. The van der Waals surface area contributed by atoms with Gasteiger partial charge in [-0.15, -0.1) is 5.10 Å². The van der Waals surface area contributed by atoms with Crippen LogP contribution in [-0.2, 0) is 5.41 Å². The second-order valence-electron chi connectivity index (χ2n) is 5.31. The summed E-state index contributed by atoms with van der Waals surface area (Å²) in [7, 11) is 0. The Morgan fingerprint density at radius 2 is 2.05 bits per heavy atom. The zero-order chi connectivity index (χ0) is 14.8. The van der Waals surface area contributed by atoms with Gasteiger partial charge in [-0.05, 0) is 23.7 Å². The lowest BCUT2D eigenvalue weighted by molar-refractivity contribution is 0.102. The van der Waals surface area contributed by atoms with Crippen LogP contribution in [0.2, 0.25) is 0 Å². The minimum atomic E-state index is -0.285. The lowest BCUT2D eigenvalue weighted by Crippen LogP contribution is -2.20. The summed E-state index contributed by atoms with van der Waals surface area (Å²) >= 11 is 1.06. The van der Waals surface area contributed by atoms with Gasteiger partial charge in [-0.1, -0.05) is 37.4 Å². The molecule has 1 aromatic carbocycles. The molecule has 2 aromatic rings. The number of amides is 1. The molecule has 1 aromatic heterocycles. The van der Waals surface area contributed by atoms with Gasteiger partial charge in [0.2, 0.25) is 0 Å². The number of benzene rings is 1. The van der Waals surface area contributed by atoms with Gasteiger partial charge in [0.05, 0.1) is 16.9 Å². The zero-order valence-electron chi connectivity index (χ0n) is 11.5. The van der Waals surface area contributed by atoms with Crippen molar-refractivity contribution in [1.29, 1.82) is 5.26 Å². The van der Waals surface area contributed by atoms with Gasteiger partial charge in [0.1, 0.15) is 10.9 Å². The fraction of sp³-hybridized carbons (Fsp3) is 0.286. The first-order chi connectivity index (χ1) is 9.43. The van der Waals surface area contributed by atoms with Crippen molar-refractivity contribution in [1.82, 2.24) is 9.59 Å². The molecule has 20 heavy (non-hydrogen) atoms. The maximum Gasteiger partial charge on any atom is 0.269 e. The summed E-state index contributed by atoms with van der Waals surface area (Å²) < 4.78 is 3.86. The molecule has 0 unspecified atom stereocenters. The van der Waals surface area contributed by atoms with E-state index in [1.165, 1.54) is 0 Å². The number of carbonyl (C=O) groups excluding carboxylic acids is 1. The van der Waals surface area contributed by atoms with E-state index in [2.05, 4.69) is 14.9 Å². The van der Waals surface area contributed by atoms with Gasteiger partial charge < -0.3 is 5.32 Å². The van der Waals surface area contributed by atoms with Crippen LogP contribution in [0.1, 0.15) is 41.7 Å². The number of anilines is 1. The van der Waals surface area contributed by atoms with Gasteiger partial charge in [0, 0.05) is 5.41 Å². The predicted molar refractivity (Wildman–Crippen MR) is 77.7 cm³/mol. The molecule has 6 heteroatoms. The summed E-state index contributed by atoms with van der Waals surface area (Å²) in [4.78, 5) is 12.8. The molecule has 0 aliphatic heterocycles. The van der Waals surface area contributed by atoms with Gasteiger partial charge in [-0.3, -0.25) is 4.79 Å². The molecule has 0 aliphatic carbocycles. The third kappa shape index (κ3) is 2.83. The molecule has 1 amide bonds. The molecule has 0 radical (unpaired) electrons. The third-order valence-electron chi connectivity index (χ3n) is 2.70. The van der Waals surface area contributed by atoms with Gasteiger partial charge in [-0.2, -0.15) is 5.26 Å². The van der Waals surface area contributed by atoms with Crippen LogP contribution in [-0.4, -0.2) is 15.5 Å². The number of para-hydroxylation sites is 1. The highest BCUT2D eigenvalue weighted by Crippen LogP contribution is 2.26. The van der Waals surface area contributed by atoms with Crippen molar-refractivity contribution >= 4 is 23.1 Å². The van der Waals surface area contributed by atoms with E-state index in [0.29, 0.717) is 21.8 Å². The molecule has 5 nitrogen and oxygen atoms in total. The highest BCUT2D eigenvalue weighted by Gasteiger charge is 2.26. The lowest BCUT2D eigenvalue weighted by atomic mass is 9.91. The largest absolute Gasteiger partial charge is 0.320 e. The topological polar surface area (TPSA) is 78.7 Å². The molecule has 0 atom stereocenters. The van der Waals surface area contributed by atoms with Crippen LogP contribution in [0.25, 0.3) is 0 Å². The molecular formula is C14H14N4OS. The first-order valence-corrected chi connectivity index (χ1v) is 6.84. The van der Waals surface area contributed by atoms with Crippen molar-refractivity contribution in [3.63, 3.8) is 0 Å². The maximum absolute atomic E-state index is 12.3. The summed E-state index contributed by atoms with van der Waals surface area (Å²) in [5.41, 5.74) is 1.33. The van der Waals surface area contributed by atoms with Crippen LogP contribution in [0.3, 0.4) is 0 Å². The predicted octanol–water partition coefficient (Wildman–Crippen LogP) is 2.96. The Hall–Kier alpha value is -2.26. The Bertz CT molecular complexity index is 679. The highest BCUT2D eigenvalue weighted by molar-refractivity contribution is 7.08. The molecule has 102 valence electrons. The maximum atomic E-state index is 12.3. The number of rotatable bonds is 2. The Labute approximate surface area is 121 Å². The van der Waals surface area contributed by atoms with Crippen LogP contribution in [0.4, 0.5) is 5.69 Å². The molecule has 1 heterocycles. The number of nitriles is 1. The Morgan fingerprint density at radius 3 is 2.70 bits per heavy atom. The van der Waals surface area contributed by atoms with Gasteiger partial charge in [-0.25, -0.2) is 0 Å². The van der Waals surface area contributed by atoms with Crippen molar-refractivity contribution in [2.75, 3.05) is 5.32 Å². The van der Waals surface area contributed by atoms with E-state index in [0.717, 1.165) is 11.5 Å². The normalized spacial score (nSPS) is 10.9. The van der Waals surface area contributed by atoms with E-state index < -0.39 is 0 Å². The quantitative estimate of drug-likeness (QED) is 0.920. The van der Waals surface area contributed by atoms with E-state index in [-0.39, 0.29) is 11.3 Å². The van der Waals surface area contributed by atoms with Crippen molar-refractivity contribution in [2.24, 2.45) is 0 Å². The fourth-order valence-electron chi connectivity index (χ4n) is 1.70. The van der Waals surface area contributed by atoms with Crippen molar-refractivity contribution in [3.05, 3.63) is 40.4 Å². The van der Waals surface area contributed by atoms with E-state index in [9.17, 15) is 4.79 Å². The third-order valence-corrected chi connectivity index (χ3v) is 3.42. The van der Waals surface area contributed by atoms with E-state index in [1.54, 1.807) is 24.3 Å². The van der Waals surface area contributed by atoms with Crippen molar-refractivity contribution < 1.29 is 4.79 Å². The van der Waals surface area contributed by atoms with Crippen LogP contribution in [0.5, 0.6) is 0 Å². The van der Waals surface area contributed by atoms with Crippen LogP contribution in [0, 0.1) is 11.3 Å². The van der Waals surface area contributed by atoms with Gasteiger partial charge >= 0.3 is 0 Å². The summed E-state index contributed by atoms with van der Waals surface area (Å²) in [5, 5.41) is 15.8. The monoisotopic (exact) mass is 286 g/mol. The number of hydrogen-bond acceptors (Lipinski definition) is 5. The molecule has 0 saturated carbocycles. The summed E-state index contributed by atoms with van der Waals surface area (Å²) in [6, 6.07) is 8.93. The Morgan fingerprint density at radius 1 is 1.35 bits per heavy atom. The first-order valence-electron chi connectivity index (χ1n) is 6.07. The summed E-state index contributed by atoms with van der Waals surface area (Å²) in [6.07, 6.45) is 0. The number of carbonyl (C=O) groups is 1. The molecular weight excluding hydrogens is 272 g/mol. The molecule has 0 spiro atoms. The second-order valence-corrected chi connectivity index (χ2v) is 6.07. The second kappa shape index (κ2) is 5.39. The zero-order valence-corrected chi connectivity index (χ0v) is 12.3. The number of aromatic nitrogens is 2. The van der Waals surface area contributed by atoms with E-state index in [1.807, 2.05) is 26.8 Å². The van der Waals surface area contributed by atoms with E-state index in [4.69, 9.17) is 5.26 Å². The van der Waals surface area contributed by atoms with Crippen molar-refractivity contribution in [3.8, 4) is 6.07 Å². The SMILES string of the molecule is CC(C)(C)c1nnsc1C(=O)Nc1ccccc1C#N. The molecule has 0 saturated heterocycles. The Kier molecular flexibility index (Phi) is 3.81. The van der Waals surface area contributed by atoms with Crippen LogP contribution in [0.15, 0.2) is 24.3 Å². The molecule has 2 rings (SSSR count). The number of hydrogen-bond donors (Lipinski definition) is 1. The minimum absolute atomic E-state index is 0.256. The standard InChI is InChI=1S/C14H14N4OS/c1-14(2,3)12-11(20-18-17-12)13(19)16-10-7-5-4-6-9(10)8-15/h4-7H,1-3H3,(H,16,19). The highest BCUT2D eigenvalue weighted by atomic mass is 32.1. The number of nitrogens with zero attached hydrogens (tertiary/aromatic N) is 3. The lowest BCUT2D eigenvalue weighted by Gasteiger charge is -2.16. The van der Waals surface area contributed by atoms with Gasteiger partial charge in [0.15, 0.2) is 0 Å². The smallest absolute Gasteiger partial charge is 0.269 e. The molecule has 1 N–H and O–H groups in total. The van der Waals surface area contributed by atoms with Crippen molar-refractivity contribution in [2.45, 2.75) is 26.2 Å². The molecule has 0 bridgehead atoms. The average Bonchev–Trinajstić information content (AvgIpc) is 2.88. The van der Waals surface area contributed by atoms with Crippen LogP contribution >= 0.6 is 11.5 Å². The van der Waals surface area contributed by atoms with E-state index >= 15 is 0 Å². The molecule has 0 fully saturated rings. The summed E-state index contributed by atoms with van der Waals surface area (Å²) in [6.45, 7) is 5.93. The fourth-order valence-corrected chi connectivity index (χ4v) is 2.47. The summed E-state index contributed by atoms with van der Waals surface area (Å²) in [5.74, 6) is -0.285. The Balaban J connectivity index is 2.30.